The van der Waals surface area contributed by atoms with Crippen LogP contribution in [-0.4, -0.2) is 59.1 Å². The minimum Gasteiger partial charge on any atom is -0.481 e. The smallest absolute Gasteiger partial charge is 0.314 e. The number of carboxylic acid groups (broad SMARTS) is 1. The summed E-state index contributed by atoms with van der Waals surface area (Å²) in [7, 11) is 0. The highest BCUT2D eigenvalue weighted by atomic mass is 16.6. The van der Waals surface area contributed by atoms with Gasteiger partial charge in [0, 0.05) is 0 Å². The minimum absolute atomic E-state index is 0.252. The van der Waals surface area contributed by atoms with Crippen LogP contribution in [0.4, 0.5) is 0 Å². The van der Waals surface area contributed by atoms with Gasteiger partial charge in [-0.3, -0.25) is 19.2 Å². The second-order valence-electron chi connectivity index (χ2n) is 5.56. The van der Waals surface area contributed by atoms with E-state index in [4.69, 9.17) is 14.6 Å². The molecule has 0 spiro atoms. The average Bonchev–Trinajstić information content (AvgIpc) is 2.65. The Morgan fingerprint density at radius 1 is 1.15 bits per heavy atom. The lowest BCUT2D eigenvalue weighted by Gasteiger charge is -2.27. The van der Waals surface area contributed by atoms with Crippen LogP contribution in [-0.2, 0) is 28.7 Å². The van der Waals surface area contributed by atoms with Crippen LogP contribution in [0.5, 0.6) is 0 Å². The van der Waals surface area contributed by atoms with E-state index >= 15 is 0 Å². The Bertz CT molecular complexity index is 606. The van der Waals surface area contributed by atoms with Gasteiger partial charge in [-0.2, -0.15) is 0 Å². The van der Waals surface area contributed by atoms with Crippen LogP contribution < -0.4 is 0 Å². The van der Waals surface area contributed by atoms with Crippen molar-refractivity contribution in [3.05, 3.63) is 37.5 Å². The number of aliphatic hydroxyl groups excluding tert-OH is 1. The molecule has 26 heavy (non-hydrogen) atoms. The number of esters is 1. The molecule has 1 aliphatic carbocycles. The van der Waals surface area contributed by atoms with Gasteiger partial charge < -0.3 is 19.7 Å². The SMILES string of the molecule is C=CC(=O)C(OCCO)C(OC(=O)C1C=CCCC1C(=O)O)C(=O)C=C. The van der Waals surface area contributed by atoms with E-state index in [9.17, 15) is 24.3 Å². The molecule has 1 rings (SSSR count). The molecule has 0 aromatic rings. The summed E-state index contributed by atoms with van der Waals surface area (Å²) in [5.41, 5.74) is 0. The standard InChI is InChI=1S/C18H22O8/c1-3-13(20)15(25-10-9-19)16(14(21)4-2)26-18(24)12-8-6-5-7-11(12)17(22)23/h3-4,6,8,11-12,15-16,19H,1-2,5,7,9-10H2,(H,22,23). The van der Waals surface area contributed by atoms with Gasteiger partial charge in [0.25, 0.3) is 0 Å². The maximum atomic E-state index is 12.5. The van der Waals surface area contributed by atoms with Gasteiger partial charge in [0.1, 0.15) is 0 Å². The van der Waals surface area contributed by atoms with Crippen LogP contribution >= 0.6 is 0 Å². The molecule has 2 N–H and O–H groups in total. The molecule has 142 valence electrons. The van der Waals surface area contributed by atoms with Gasteiger partial charge in [0.2, 0.25) is 0 Å². The van der Waals surface area contributed by atoms with Crippen molar-refractivity contribution in [1.29, 1.82) is 0 Å². The van der Waals surface area contributed by atoms with Crippen molar-refractivity contribution < 1.29 is 38.9 Å². The van der Waals surface area contributed by atoms with Crippen LogP contribution in [0.25, 0.3) is 0 Å². The molecule has 1 aliphatic rings. The second-order valence-corrected chi connectivity index (χ2v) is 5.56. The second kappa shape index (κ2) is 10.4. The Kier molecular flexibility index (Phi) is 8.60. The predicted molar refractivity (Wildman–Crippen MR) is 90.1 cm³/mol. The predicted octanol–water partition coefficient (Wildman–Crippen LogP) is 0.453. The third-order valence-electron chi connectivity index (χ3n) is 3.88. The van der Waals surface area contributed by atoms with E-state index in [1.807, 2.05) is 0 Å². The van der Waals surface area contributed by atoms with Gasteiger partial charge in [0.05, 0.1) is 25.0 Å². The first-order valence-electron chi connectivity index (χ1n) is 8.02. The van der Waals surface area contributed by atoms with Gasteiger partial charge in [-0.05, 0) is 25.0 Å². The number of ketones is 2. The van der Waals surface area contributed by atoms with E-state index in [1.54, 1.807) is 6.08 Å². The summed E-state index contributed by atoms with van der Waals surface area (Å²) in [6.45, 7) is 5.91. The van der Waals surface area contributed by atoms with Crippen LogP contribution in [0.1, 0.15) is 12.8 Å². The highest BCUT2D eigenvalue weighted by Gasteiger charge is 2.40. The molecule has 0 amide bonds. The number of rotatable bonds is 11. The maximum Gasteiger partial charge on any atom is 0.314 e. The van der Waals surface area contributed by atoms with E-state index in [0.29, 0.717) is 6.42 Å². The summed E-state index contributed by atoms with van der Waals surface area (Å²) in [6.07, 6.45) is 2.44. The molecule has 8 heteroatoms. The average molecular weight is 366 g/mol. The molecule has 0 aromatic heterocycles. The van der Waals surface area contributed by atoms with Gasteiger partial charge in [-0.25, -0.2) is 0 Å². The van der Waals surface area contributed by atoms with Gasteiger partial charge in [-0.15, -0.1) is 0 Å². The van der Waals surface area contributed by atoms with Crippen LogP contribution in [0.2, 0.25) is 0 Å². The lowest BCUT2D eigenvalue weighted by atomic mass is 9.84. The zero-order valence-corrected chi connectivity index (χ0v) is 14.2. The number of hydrogen-bond acceptors (Lipinski definition) is 7. The first-order valence-corrected chi connectivity index (χ1v) is 8.02. The molecular formula is C18H22O8. The highest BCUT2D eigenvalue weighted by molar-refractivity contribution is 6.03. The fraction of sp³-hybridized carbons (Fsp3) is 0.444. The lowest BCUT2D eigenvalue weighted by Crippen LogP contribution is -2.46. The Morgan fingerprint density at radius 3 is 2.31 bits per heavy atom. The summed E-state index contributed by atoms with van der Waals surface area (Å²) in [4.78, 5) is 47.9. The number of carbonyl (C=O) groups is 4. The molecule has 8 nitrogen and oxygen atoms in total. The quantitative estimate of drug-likeness (QED) is 0.307. The molecular weight excluding hydrogens is 344 g/mol. The van der Waals surface area contributed by atoms with E-state index < -0.39 is 54.2 Å². The molecule has 0 aliphatic heterocycles. The molecule has 0 radical (unpaired) electrons. The Balaban J connectivity index is 3.08. The fourth-order valence-electron chi connectivity index (χ4n) is 2.56. The molecule has 0 saturated heterocycles. The third kappa shape index (κ3) is 5.47. The summed E-state index contributed by atoms with van der Waals surface area (Å²) < 4.78 is 10.3. The number of carboxylic acids is 1. The highest BCUT2D eigenvalue weighted by Crippen LogP contribution is 2.27. The van der Waals surface area contributed by atoms with Crippen molar-refractivity contribution in [2.24, 2.45) is 11.8 Å². The topological polar surface area (TPSA) is 127 Å². The summed E-state index contributed by atoms with van der Waals surface area (Å²) >= 11 is 0. The van der Waals surface area contributed by atoms with Crippen LogP contribution in [0.15, 0.2) is 37.5 Å². The Morgan fingerprint density at radius 2 is 1.77 bits per heavy atom. The van der Waals surface area contributed by atoms with Crippen molar-refractivity contribution in [2.45, 2.75) is 25.0 Å². The first-order chi connectivity index (χ1) is 12.4. The lowest BCUT2D eigenvalue weighted by molar-refractivity contribution is -0.171. The number of aliphatic carboxylic acids is 1. The summed E-state index contributed by atoms with van der Waals surface area (Å²) in [5, 5.41) is 18.1. The number of ether oxygens (including phenoxy) is 2. The van der Waals surface area contributed by atoms with Crippen molar-refractivity contribution in [2.75, 3.05) is 13.2 Å². The van der Waals surface area contributed by atoms with E-state index in [1.165, 1.54) is 6.08 Å². The van der Waals surface area contributed by atoms with Gasteiger partial charge >= 0.3 is 11.9 Å². The maximum absolute atomic E-state index is 12.5. The molecule has 0 fully saturated rings. The third-order valence-corrected chi connectivity index (χ3v) is 3.88. The Labute approximate surface area is 150 Å². The van der Waals surface area contributed by atoms with Crippen LogP contribution in [0.3, 0.4) is 0 Å². The van der Waals surface area contributed by atoms with Gasteiger partial charge in [-0.1, -0.05) is 25.3 Å². The molecule has 4 unspecified atom stereocenters. The normalized spacial score (nSPS) is 21.3. The van der Waals surface area contributed by atoms with E-state index in [-0.39, 0.29) is 13.0 Å². The molecule has 0 heterocycles. The number of carbonyl (C=O) groups excluding carboxylic acids is 3. The minimum atomic E-state index is -1.65. The molecule has 4 atom stereocenters. The van der Waals surface area contributed by atoms with Crippen molar-refractivity contribution >= 4 is 23.5 Å². The molecule has 0 bridgehead atoms. The van der Waals surface area contributed by atoms with E-state index in [2.05, 4.69) is 13.2 Å². The first kappa shape index (κ1) is 21.5. The Hall–Kier alpha value is -2.58. The molecule has 0 aromatic carbocycles. The van der Waals surface area contributed by atoms with Crippen molar-refractivity contribution in [3.63, 3.8) is 0 Å². The van der Waals surface area contributed by atoms with Gasteiger partial charge in [0.15, 0.2) is 23.8 Å². The number of aliphatic hydroxyl groups is 1. The number of allylic oxidation sites excluding steroid dienone is 1. The molecule has 0 saturated carbocycles. The zero-order valence-electron chi connectivity index (χ0n) is 14.2. The monoisotopic (exact) mass is 366 g/mol. The largest absolute Gasteiger partial charge is 0.481 e. The van der Waals surface area contributed by atoms with Crippen molar-refractivity contribution in [3.8, 4) is 0 Å². The van der Waals surface area contributed by atoms with E-state index in [0.717, 1.165) is 12.2 Å². The van der Waals surface area contributed by atoms with Crippen molar-refractivity contribution in [1.82, 2.24) is 0 Å². The number of hydrogen-bond donors (Lipinski definition) is 2. The summed E-state index contributed by atoms with van der Waals surface area (Å²) in [6, 6.07) is 0. The zero-order chi connectivity index (χ0) is 19.7. The fourth-order valence-corrected chi connectivity index (χ4v) is 2.56. The summed E-state index contributed by atoms with van der Waals surface area (Å²) in [5.74, 6) is -5.69. The van der Waals surface area contributed by atoms with Crippen LogP contribution in [0, 0.1) is 11.8 Å².